The average molecular weight is 415 g/mol. The summed E-state index contributed by atoms with van der Waals surface area (Å²) in [5.41, 5.74) is 9.87. The second kappa shape index (κ2) is 7.60. The summed E-state index contributed by atoms with van der Waals surface area (Å²) in [6, 6.07) is 6.62. The Hall–Kier alpha value is -3.31. The van der Waals surface area contributed by atoms with Crippen LogP contribution in [0.2, 0.25) is 5.02 Å². The Labute approximate surface area is 172 Å². The highest BCUT2D eigenvalue weighted by Gasteiger charge is 2.66. The van der Waals surface area contributed by atoms with Crippen molar-refractivity contribution in [2.24, 2.45) is 16.9 Å². The lowest BCUT2D eigenvalue weighted by molar-refractivity contribution is -0.153. The van der Waals surface area contributed by atoms with Gasteiger partial charge in [0.1, 0.15) is 6.04 Å². The molecule has 0 bridgehead atoms. The van der Waals surface area contributed by atoms with Gasteiger partial charge in [0.15, 0.2) is 5.41 Å². The predicted octanol–water partition coefficient (Wildman–Crippen LogP) is 0.974. The molecule has 8 nitrogen and oxygen atoms in total. The number of fused-ring (bicyclic) bond motifs is 1. The maximum absolute atomic E-state index is 13.1. The van der Waals surface area contributed by atoms with E-state index in [0.717, 1.165) is 0 Å². The van der Waals surface area contributed by atoms with Gasteiger partial charge in [0.2, 0.25) is 11.8 Å². The summed E-state index contributed by atoms with van der Waals surface area (Å²) in [5, 5.41) is 10.6. The van der Waals surface area contributed by atoms with Crippen LogP contribution in [-0.4, -0.2) is 41.4 Å². The molecule has 1 aromatic carbocycles. The van der Waals surface area contributed by atoms with Crippen LogP contribution in [0.25, 0.3) is 0 Å². The van der Waals surface area contributed by atoms with Crippen LogP contribution >= 0.6 is 11.6 Å². The molecule has 0 saturated carbocycles. The molecule has 0 unspecified atom stereocenters. The van der Waals surface area contributed by atoms with Gasteiger partial charge >= 0.3 is 5.97 Å². The lowest BCUT2D eigenvalue weighted by Crippen LogP contribution is -2.45. The first-order chi connectivity index (χ1) is 13.8. The van der Waals surface area contributed by atoms with Crippen LogP contribution in [-0.2, 0) is 19.1 Å². The molecule has 1 aromatic rings. The zero-order chi connectivity index (χ0) is 21.3. The molecular weight excluding hydrogens is 396 g/mol. The van der Waals surface area contributed by atoms with Crippen molar-refractivity contribution in [1.82, 2.24) is 4.90 Å². The fourth-order valence-corrected chi connectivity index (χ4v) is 4.30. The fourth-order valence-electron chi connectivity index (χ4n) is 4.11. The number of nitrogens with zero attached hydrogens (tertiary/aromatic N) is 2. The number of carbonyl (C=O) groups excluding carboxylic acids is 3. The van der Waals surface area contributed by atoms with E-state index in [1.165, 1.54) is 23.3 Å². The summed E-state index contributed by atoms with van der Waals surface area (Å²) in [7, 11) is 0. The lowest BCUT2D eigenvalue weighted by atomic mass is 9.68. The molecule has 29 heavy (non-hydrogen) atoms. The number of nitriles is 1. The molecule has 2 heterocycles. The molecule has 4 N–H and O–H groups in total. The Balaban J connectivity index is 2.30. The highest BCUT2D eigenvalue weighted by atomic mass is 35.5. The number of nitrogens with two attached hydrogens (primary N) is 2. The zero-order valence-electron chi connectivity index (χ0n) is 15.5. The summed E-state index contributed by atoms with van der Waals surface area (Å²) in [5.74, 6) is -3.25. The molecule has 2 aliphatic heterocycles. The molecule has 0 aromatic heterocycles. The number of esters is 1. The average Bonchev–Trinajstić information content (AvgIpc) is 2.99. The third-order valence-corrected chi connectivity index (χ3v) is 5.48. The van der Waals surface area contributed by atoms with Crippen molar-refractivity contribution < 1.29 is 19.1 Å². The van der Waals surface area contributed by atoms with E-state index in [1.807, 2.05) is 0 Å². The van der Waals surface area contributed by atoms with E-state index < -0.39 is 41.2 Å². The lowest BCUT2D eigenvalue weighted by Gasteiger charge is -2.32. The predicted molar refractivity (Wildman–Crippen MR) is 104 cm³/mol. The van der Waals surface area contributed by atoms with E-state index >= 15 is 0 Å². The van der Waals surface area contributed by atoms with Gasteiger partial charge in [0.05, 0.1) is 24.3 Å². The number of hydrogen-bond donors (Lipinski definition) is 2. The summed E-state index contributed by atoms with van der Waals surface area (Å²) in [6.07, 6.45) is 4.28. The van der Waals surface area contributed by atoms with Crippen LogP contribution in [0.1, 0.15) is 18.4 Å². The zero-order valence-corrected chi connectivity index (χ0v) is 16.3. The minimum Gasteiger partial charge on any atom is -0.465 e. The van der Waals surface area contributed by atoms with Crippen molar-refractivity contribution in [3.63, 3.8) is 0 Å². The smallest absolute Gasteiger partial charge is 0.329 e. The Morgan fingerprint density at radius 3 is 2.62 bits per heavy atom. The molecule has 2 aliphatic rings. The minimum atomic E-state index is -1.80. The van der Waals surface area contributed by atoms with Crippen LogP contribution in [0.3, 0.4) is 0 Å². The van der Waals surface area contributed by atoms with Gasteiger partial charge in [0, 0.05) is 17.1 Å². The normalized spacial score (nSPS) is 27.6. The Morgan fingerprint density at radius 1 is 1.34 bits per heavy atom. The molecule has 0 aliphatic carbocycles. The first-order valence-corrected chi connectivity index (χ1v) is 9.26. The maximum atomic E-state index is 13.1. The van der Waals surface area contributed by atoms with Crippen molar-refractivity contribution in [3.05, 3.63) is 58.8 Å². The molecule has 3 rings (SSSR count). The second-order valence-electron chi connectivity index (χ2n) is 6.78. The quantitative estimate of drug-likeness (QED) is 0.688. The molecule has 9 heteroatoms. The topological polar surface area (TPSA) is 140 Å². The molecule has 150 valence electrons. The largest absolute Gasteiger partial charge is 0.465 e. The minimum absolute atomic E-state index is 0.0462. The number of hydrogen-bond acceptors (Lipinski definition) is 6. The molecular formula is C20H19ClN4O4. The number of primary amides is 2. The van der Waals surface area contributed by atoms with Crippen LogP contribution in [0.5, 0.6) is 0 Å². The number of carbonyl (C=O) groups is 3. The number of amides is 2. The Morgan fingerprint density at radius 2 is 2.07 bits per heavy atom. The summed E-state index contributed by atoms with van der Waals surface area (Å²) in [4.78, 5) is 38.7. The van der Waals surface area contributed by atoms with E-state index in [2.05, 4.69) is 6.07 Å². The van der Waals surface area contributed by atoms with Crippen LogP contribution in [0.15, 0.2) is 48.2 Å². The maximum Gasteiger partial charge on any atom is 0.329 e. The number of ether oxygens (including phenoxy) is 1. The highest BCUT2D eigenvalue weighted by Crippen LogP contribution is 2.53. The van der Waals surface area contributed by atoms with Gasteiger partial charge in [-0.15, -0.1) is 0 Å². The fraction of sp³-hybridized carbons (Fsp3) is 0.300. The van der Waals surface area contributed by atoms with E-state index in [9.17, 15) is 19.6 Å². The standard InChI is InChI=1S/C20H19ClN4O4/c1-2-29-19(28)20(10-22)14-7-6-12(17(23)26)9-25(14)16(18(24)27)15(20)11-4-3-5-13(21)8-11/h3-9,14-16H,2H2,1H3,(H2,23,26)(H2,24,27)/t14-,15-,16+,20+/m1/s1. The van der Waals surface area contributed by atoms with Crippen LogP contribution in [0.4, 0.5) is 0 Å². The molecule has 0 spiro atoms. The first kappa shape index (κ1) is 20.4. The summed E-state index contributed by atoms with van der Waals surface area (Å²) in [6.45, 7) is 1.67. The number of halogens is 1. The number of benzene rings is 1. The molecule has 2 amide bonds. The molecule has 1 fully saturated rings. The third kappa shape index (κ3) is 3.13. The van der Waals surface area contributed by atoms with Crippen LogP contribution in [0, 0.1) is 16.7 Å². The molecule has 4 atom stereocenters. The van der Waals surface area contributed by atoms with Crippen molar-refractivity contribution >= 4 is 29.4 Å². The Bertz CT molecular complexity index is 983. The Kier molecular flexibility index (Phi) is 5.36. The summed E-state index contributed by atoms with van der Waals surface area (Å²) >= 11 is 6.13. The SMILES string of the molecule is CCOC(=O)[C@]1(C#N)[C@H](c2cccc(Cl)c2)[C@@H](C(N)=O)N2C=C(C(N)=O)C=C[C@@H]21. The third-order valence-electron chi connectivity index (χ3n) is 5.24. The van der Waals surface area contributed by atoms with Crippen molar-refractivity contribution in [2.75, 3.05) is 6.61 Å². The van der Waals surface area contributed by atoms with Gasteiger partial charge in [0.25, 0.3) is 0 Å². The van der Waals surface area contributed by atoms with E-state index in [1.54, 1.807) is 31.2 Å². The highest BCUT2D eigenvalue weighted by molar-refractivity contribution is 6.30. The molecule has 1 saturated heterocycles. The van der Waals surface area contributed by atoms with Crippen molar-refractivity contribution in [1.29, 1.82) is 5.26 Å². The van der Waals surface area contributed by atoms with Gasteiger partial charge in [-0.2, -0.15) is 5.26 Å². The van der Waals surface area contributed by atoms with Crippen molar-refractivity contribution in [3.8, 4) is 6.07 Å². The van der Waals surface area contributed by atoms with E-state index in [0.29, 0.717) is 10.6 Å². The van der Waals surface area contributed by atoms with Gasteiger partial charge in [-0.25, -0.2) is 0 Å². The van der Waals surface area contributed by atoms with Gasteiger partial charge in [-0.05, 0) is 30.7 Å². The summed E-state index contributed by atoms with van der Waals surface area (Å²) < 4.78 is 5.23. The van der Waals surface area contributed by atoms with Gasteiger partial charge < -0.3 is 21.1 Å². The van der Waals surface area contributed by atoms with Gasteiger partial charge in [-0.1, -0.05) is 29.8 Å². The van der Waals surface area contributed by atoms with Crippen LogP contribution < -0.4 is 11.5 Å². The van der Waals surface area contributed by atoms with E-state index in [-0.39, 0.29) is 12.2 Å². The van der Waals surface area contributed by atoms with Crippen molar-refractivity contribution in [2.45, 2.75) is 24.9 Å². The first-order valence-electron chi connectivity index (χ1n) is 8.88. The van der Waals surface area contributed by atoms with E-state index in [4.69, 9.17) is 27.8 Å². The monoisotopic (exact) mass is 414 g/mol. The number of rotatable bonds is 5. The van der Waals surface area contributed by atoms with Gasteiger partial charge in [-0.3, -0.25) is 14.4 Å². The second-order valence-corrected chi connectivity index (χ2v) is 7.22. The molecule has 0 radical (unpaired) electrons.